The molecule has 4 heterocycles. The molecule has 0 unspecified atom stereocenters. The highest BCUT2D eigenvalue weighted by atomic mass is 32.2. The highest BCUT2D eigenvalue weighted by Crippen LogP contribution is 2.39. The molecular formula is C22H25N7O2S. The number of nitrogens with one attached hydrogen (secondary N) is 1. The van der Waals surface area contributed by atoms with Crippen LogP contribution in [0.4, 0.5) is 0 Å². The zero-order chi connectivity index (χ0) is 22.9. The topological polar surface area (TPSA) is 99.2 Å². The fraction of sp³-hybridized carbons (Fsp3) is 0.318. The molecule has 0 saturated carbocycles. The van der Waals surface area contributed by atoms with Crippen LogP contribution in [-0.4, -0.2) is 46.9 Å². The van der Waals surface area contributed by atoms with Crippen molar-refractivity contribution in [2.24, 2.45) is 7.05 Å². The fourth-order valence-electron chi connectivity index (χ4n) is 3.23. The maximum absolute atomic E-state index is 12.7. The van der Waals surface area contributed by atoms with Crippen LogP contribution in [0.2, 0.25) is 0 Å². The maximum atomic E-state index is 12.7. The van der Waals surface area contributed by atoms with Crippen molar-refractivity contribution >= 4 is 23.3 Å². The van der Waals surface area contributed by atoms with E-state index in [1.54, 1.807) is 61.5 Å². The average Bonchev–Trinajstić information content (AvgIpc) is 3.33. The molecule has 0 aromatic carbocycles. The number of imidazole rings is 1. The molecule has 0 aliphatic rings. The lowest BCUT2D eigenvalue weighted by molar-refractivity contribution is 0.0941. The molecule has 0 aliphatic carbocycles. The number of hydrogen-bond donors (Lipinski definition) is 1. The highest BCUT2D eigenvalue weighted by molar-refractivity contribution is 8.00. The molecule has 4 rings (SSSR count). The van der Waals surface area contributed by atoms with Crippen LogP contribution < -0.4 is 10.1 Å². The number of nitrogens with zero attached hydrogens (tertiary/aromatic N) is 6. The zero-order valence-corrected chi connectivity index (χ0v) is 19.5. The minimum atomic E-state index is -0.239. The second-order valence-corrected chi connectivity index (χ2v) is 10.1. The molecule has 4 aromatic rings. The van der Waals surface area contributed by atoms with Gasteiger partial charge in [0.2, 0.25) is 0 Å². The van der Waals surface area contributed by atoms with Crippen LogP contribution in [0.1, 0.15) is 37.0 Å². The van der Waals surface area contributed by atoms with Crippen molar-refractivity contribution in [1.82, 2.24) is 34.4 Å². The second-order valence-electron chi connectivity index (χ2n) is 8.21. The van der Waals surface area contributed by atoms with E-state index in [0.717, 1.165) is 22.0 Å². The highest BCUT2D eigenvalue weighted by Gasteiger charge is 2.20. The van der Waals surface area contributed by atoms with E-state index in [1.165, 1.54) is 0 Å². The van der Waals surface area contributed by atoms with Crippen LogP contribution >= 0.6 is 11.8 Å². The van der Waals surface area contributed by atoms with Crippen molar-refractivity contribution in [3.05, 3.63) is 54.5 Å². The van der Waals surface area contributed by atoms with Gasteiger partial charge in [0.25, 0.3) is 5.91 Å². The third-order valence-corrected chi connectivity index (χ3v) is 5.77. The number of methoxy groups -OCH3 is 1. The number of aryl methyl sites for hydroxylation is 1. The summed E-state index contributed by atoms with van der Waals surface area (Å²) in [5.74, 6) is 0.538. The van der Waals surface area contributed by atoms with E-state index >= 15 is 0 Å². The zero-order valence-electron chi connectivity index (χ0n) is 18.7. The molecule has 10 heteroatoms. The number of ether oxygens (including phenoxy) is 1. The van der Waals surface area contributed by atoms with Crippen LogP contribution in [0.15, 0.2) is 48.0 Å². The summed E-state index contributed by atoms with van der Waals surface area (Å²) in [4.78, 5) is 26.4. The molecule has 0 spiro atoms. The predicted octanol–water partition coefficient (Wildman–Crippen LogP) is 3.35. The first-order valence-corrected chi connectivity index (χ1v) is 10.9. The molecule has 0 bridgehead atoms. The molecule has 1 amide bonds. The third-order valence-electron chi connectivity index (χ3n) is 4.63. The molecule has 0 fully saturated rings. The number of amides is 1. The van der Waals surface area contributed by atoms with Crippen molar-refractivity contribution in [3.8, 4) is 17.1 Å². The molecule has 1 N–H and O–H groups in total. The molecule has 4 aromatic heterocycles. The van der Waals surface area contributed by atoms with E-state index in [0.29, 0.717) is 17.1 Å². The summed E-state index contributed by atoms with van der Waals surface area (Å²) < 4.78 is 9.13. The SMILES string of the molecule is COc1cc2ncc(-c3cc(C(=O)NCc4cnccn4)n(C)n3)n2cc1SC(C)(C)C. The summed E-state index contributed by atoms with van der Waals surface area (Å²) in [6.07, 6.45) is 8.57. The van der Waals surface area contributed by atoms with Crippen LogP contribution in [0, 0.1) is 0 Å². The Bertz CT molecular complexity index is 1260. The first-order chi connectivity index (χ1) is 15.2. The minimum Gasteiger partial charge on any atom is -0.495 e. The lowest BCUT2D eigenvalue weighted by Crippen LogP contribution is -2.25. The van der Waals surface area contributed by atoms with Crippen molar-refractivity contribution in [2.45, 2.75) is 37.0 Å². The lowest BCUT2D eigenvalue weighted by Gasteiger charge is -2.19. The van der Waals surface area contributed by atoms with Gasteiger partial charge in [0, 0.05) is 36.5 Å². The number of rotatable bonds is 6. The summed E-state index contributed by atoms with van der Waals surface area (Å²) >= 11 is 1.72. The Kier molecular flexibility index (Phi) is 5.88. The maximum Gasteiger partial charge on any atom is 0.269 e. The van der Waals surface area contributed by atoms with Gasteiger partial charge < -0.3 is 10.1 Å². The normalized spacial score (nSPS) is 11.7. The number of fused-ring (bicyclic) bond motifs is 1. The second kappa shape index (κ2) is 8.62. The summed E-state index contributed by atoms with van der Waals surface area (Å²) in [6.45, 7) is 6.75. The molecular weight excluding hydrogens is 426 g/mol. The van der Waals surface area contributed by atoms with Gasteiger partial charge >= 0.3 is 0 Å². The van der Waals surface area contributed by atoms with Crippen LogP contribution in [-0.2, 0) is 13.6 Å². The third kappa shape index (κ3) is 4.59. The van der Waals surface area contributed by atoms with Gasteiger partial charge in [-0.2, -0.15) is 5.10 Å². The van der Waals surface area contributed by atoms with Crippen molar-refractivity contribution in [2.75, 3.05) is 7.11 Å². The van der Waals surface area contributed by atoms with Crippen molar-refractivity contribution in [1.29, 1.82) is 0 Å². The summed E-state index contributed by atoms with van der Waals surface area (Å²) in [5.41, 5.74) is 3.32. The van der Waals surface area contributed by atoms with Gasteiger partial charge in [-0.1, -0.05) is 20.8 Å². The summed E-state index contributed by atoms with van der Waals surface area (Å²) in [7, 11) is 3.40. The lowest BCUT2D eigenvalue weighted by atomic mass is 10.2. The molecule has 166 valence electrons. The van der Waals surface area contributed by atoms with Crippen molar-refractivity contribution < 1.29 is 9.53 Å². The van der Waals surface area contributed by atoms with Crippen LogP contribution in [0.25, 0.3) is 17.0 Å². The molecule has 0 atom stereocenters. The van der Waals surface area contributed by atoms with E-state index in [9.17, 15) is 4.79 Å². The Morgan fingerprint density at radius 2 is 2.00 bits per heavy atom. The minimum absolute atomic E-state index is 0.0150. The molecule has 0 aliphatic heterocycles. The Labute approximate surface area is 190 Å². The smallest absolute Gasteiger partial charge is 0.269 e. The molecule has 9 nitrogen and oxygen atoms in total. The monoisotopic (exact) mass is 451 g/mol. The predicted molar refractivity (Wildman–Crippen MR) is 123 cm³/mol. The average molecular weight is 452 g/mol. The summed E-state index contributed by atoms with van der Waals surface area (Å²) in [5, 5.41) is 7.41. The largest absolute Gasteiger partial charge is 0.495 e. The first-order valence-electron chi connectivity index (χ1n) is 10.1. The first kappa shape index (κ1) is 21.8. The van der Waals surface area contributed by atoms with Crippen LogP contribution in [0.5, 0.6) is 5.75 Å². The Balaban J connectivity index is 1.64. The van der Waals surface area contributed by atoms with Gasteiger partial charge in [-0.05, 0) is 6.07 Å². The molecule has 0 radical (unpaired) electrons. The molecule has 0 saturated heterocycles. The molecule has 32 heavy (non-hydrogen) atoms. The van der Waals surface area contributed by atoms with Gasteiger partial charge in [0.15, 0.2) is 0 Å². The van der Waals surface area contributed by atoms with Gasteiger partial charge in [0.1, 0.15) is 22.8 Å². The van der Waals surface area contributed by atoms with E-state index in [-0.39, 0.29) is 17.2 Å². The van der Waals surface area contributed by atoms with Gasteiger partial charge in [-0.25, -0.2) is 4.98 Å². The van der Waals surface area contributed by atoms with Crippen LogP contribution in [0.3, 0.4) is 0 Å². The van der Waals surface area contributed by atoms with Gasteiger partial charge in [-0.15, -0.1) is 11.8 Å². The number of hydrogen-bond acceptors (Lipinski definition) is 7. The Morgan fingerprint density at radius 3 is 2.69 bits per heavy atom. The van der Waals surface area contributed by atoms with E-state index < -0.39 is 0 Å². The number of pyridine rings is 1. The van der Waals surface area contributed by atoms with E-state index in [2.05, 4.69) is 46.1 Å². The Morgan fingerprint density at radius 1 is 1.19 bits per heavy atom. The van der Waals surface area contributed by atoms with Gasteiger partial charge in [-0.3, -0.25) is 23.8 Å². The van der Waals surface area contributed by atoms with Gasteiger partial charge in [0.05, 0.1) is 42.3 Å². The summed E-state index contributed by atoms with van der Waals surface area (Å²) in [6, 6.07) is 3.67. The quantitative estimate of drug-likeness (QED) is 0.449. The fourth-order valence-corrected chi connectivity index (χ4v) is 4.29. The van der Waals surface area contributed by atoms with E-state index in [4.69, 9.17) is 4.74 Å². The van der Waals surface area contributed by atoms with Crippen molar-refractivity contribution in [3.63, 3.8) is 0 Å². The number of carbonyl (C=O) groups is 1. The Hall–Kier alpha value is -3.40. The van der Waals surface area contributed by atoms with E-state index in [1.807, 2.05) is 16.7 Å². The number of aromatic nitrogens is 6. The standard InChI is InChI=1S/C22H25N7O2S/c1-22(2,3)32-19-13-29-17(12-25-20(29)9-18(19)31-5)15-8-16(28(4)27-15)21(30)26-11-14-10-23-6-7-24-14/h6-10,12-13H,11H2,1-5H3,(H,26,30). The number of thioether (sulfide) groups is 1. The number of carbonyl (C=O) groups excluding carboxylic acids is 1.